The van der Waals surface area contributed by atoms with Gasteiger partial charge in [0.2, 0.25) is 10.0 Å². The van der Waals surface area contributed by atoms with Crippen molar-refractivity contribution in [1.29, 1.82) is 0 Å². The number of nitrogens with two attached hydrogens (primary N) is 1. The summed E-state index contributed by atoms with van der Waals surface area (Å²) in [6.07, 6.45) is 0.799. The third-order valence-corrected chi connectivity index (χ3v) is 5.57. The van der Waals surface area contributed by atoms with E-state index < -0.39 is 10.0 Å². The molecule has 0 aliphatic carbocycles. The van der Waals surface area contributed by atoms with Crippen molar-refractivity contribution in [3.05, 3.63) is 23.2 Å². The molecule has 1 aromatic carbocycles. The number of benzene rings is 1. The molecular formula is C12H17ClN2O3S. The summed E-state index contributed by atoms with van der Waals surface area (Å²) in [6, 6.07) is 4.49. The molecule has 7 heteroatoms. The SMILES string of the molecule is COCC1CCN(S(=O)(=O)c2cc(N)ccc2Cl)C1. The van der Waals surface area contributed by atoms with Crippen molar-refractivity contribution in [1.82, 2.24) is 4.31 Å². The summed E-state index contributed by atoms with van der Waals surface area (Å²) in [7, 11) is -1.96. The molecule has 5 nitrogen and oxygen atoms in total. The molecule has 0 radical (unpaired) electrons. The summed E-state index contributed by atoms with van der Waals surface area (Å²) in [5.74, 6) is 0.236. The van der Waals surface area contributed by atoms with Crippen LogP contribution in [-0.4, -0.2) is 39.5 Å². The zero-order valence-electron chi connectivity index (χ0n) is 10.7. The molecule has 1 aromatic rings. The van der Waals surface area contributed by atoms with Gasteiger partial charge >= 0.3 is 0 Å². The number of methoxy groups -OCH3 is 1. The average molecular weight is 305 g/mol. The summed E-state index contributed by atoms with van der Waals surface area (Å²) in [4.78, 5) is 0.0761. The van der Waals surface area contributed by atoms with Crippen molar-refractivity contribution in [3.8, 4) is 0 Å². The van der Waals surface area contributed by atoms with Gasteiger partial charge in [-0.05, 0) is 30.5 Å². The molecule has 19 heavy (non-hydrogen) atoms. The van der Waals surface area contributed by atoms with Crippen molar-refractivity contribution in [3.63, 3.8) is 0 Å². The highest BCUT2D eigenvalue weighted by atomic mass is 35.5. The van der Waals surface area contributed by atoms with Crippen LogP contribution in [-0.2, 0) is 14.8 Å². The van der Waals surface area contributed by atoms with E-state index in [-0.39, 0.29) is 15.8 Å². The van der Waals surface area contributed by atoms with Gasteiger partial charge in [0.1, 0.15) is 4.90 Å². The predicted molar refractivity (Wildman–Crippen MR) is 74.6 cm³/mol. The van der Waals surface area contributed by atoms with Crippen LogP contribution in [0.5, 0.6) is 0 Å². The summed E-state index contributed by atoms with van der Waals surface area (Å²) >= 11 is 5.97. The Kier molecular flexibility index (Phi) is 4.35. The Bertz CT molecular complexity index is 562. The Balaban J connectivity index is 2.26. The van der Waals surface area contributed by atoms with E-state index in [1.807, 2.05) is 0 Å². The van der Waals surface area contributed by atoms with E-state index in [1.54, 1.807) is 13.2 Å². The largest absolute Gasteiger partial charge is 0.399 e. The Morgan fingerprint density at radius 2 is 2.26 bits per heavy atom. The van der Waals surface area contributed by atoms with Crippen molar-refractivity contribution in [2.45, 2.75) is 11.3 Å². The smallest absolute Gasteiger partial charge is 0.244 e. The number of sulfonamides is 1. The molecule has 2 rings (SSSR count). The quantitative estimate of drug-likeness (QED) is 0.857. The van der Waals surface area contributed by atoms with Crippen molar-refractivity contribution < 1.29 is 13.2 Å². The monoisotopic (exact) mass is 304 g/mol. The van der Waals surface area contributed by atoms with Gasteiger partial charge in [-0.1, -0.05) is 11.6 Å². The minimum absolute atomic E-state index is 0.0761. The number of nitrogen functional groups attached to an aromatic ring is 1. The lowest BCUT2D eigenvalue weighted by molar-refractivity contribution is 0.157. The van der Waals surface area contributed by atoms with E-state index in [1.165, 1.54) is 16.4 Å². The van der Waals surface area contributed by atoms with Crippen LogP contribution in [0.2, 0.25) is 5.02 Å². The number of halogens is 1. The van der Waals surface area contributed by atoms with Crippen molar-refractivity contribution in [2.75, 3.05) is 32.5 Å². The van der Waals surface area contributed by atoms with Gasteiger partial charge in [-0.15, -0.1) is 0 Å². The van der Waals surface area contributed by atoms with E-state index in [4.69, 9.17) is 22.1 Å². The first kappa shape index (κ1) is 14.6. The molecule has 106 valence electrons. The molecule has 1 atom stereocenters. The Labute approximate surface area is 118 Å². The second kappa shape index (κ2) is 5.66. The molecule has 1 heterocycles. The van der Waals surface area contributed by atoms with Crippen LogP contribution in [0.15, 0.2) is 23.1 Å². The minimum Gasteiger partial charge on any atom is -0.399 e. The number of hydrogen-bond donors (Lipinski definition) is 1. The first-order valence-electron chi connectivity index (χ1n) is 5.99. The molecule has 1 fully saturated rings. The average Bonchev–Trinajstić information content (AvgIpc) is 2.82. The number of rotatable bonds is 4. The fourth-order valence-electron chi connectivity index (χ4n) is 2.24. The van der Waals surface area contributed by atoms with Gasteiger partial charge in [0.15, 0.2) is 0 Å². The molecule has 0 spiro atoms. The highest BCUT2D eigenvalue weighted by Crippen LogP contribution is 2.30. The molecule has 0 aromatic heterocycles. The van der Waals surface area contributed by atoms with Crippen molar-refractivity contribution in [2.24, 2.45) is 5.92 Å². The summed E-state index contributed by atoms with van der Waals surface area (Å²) in [6.45, 7) is 1.51. The molecule has 0 amide bonds. The van der Waals surface area contributed by atoms with Gasteiger partial charge in [-0.3, -0.25) is 0 Å². The maximum atomic E-state index is 12.5. The molecule has 0 saturated carbocycles. The lowest BCUT2D eigenvalue weighted by atomic mass is 10.1. The number of anilines is 1. The summed E-state index contributed by atoms with van der Waals surface area (Å²) in [5.41, 5.74) is 6.02. The van der Waals surface area contributed by atoms with Crippen molar-refractivity contribution >= 4 is 27.3 Å². The fourth-order valence-corrected chi connectivity index (χ4v) is 4.28. The maximum absolute atomic E-state index is 12.5. The Hall–Kier alpha value is -0.820. The minimum atomic E-state index is -3.58. The highest BCUT2D eigenvalue weighted by molar-refractivity contribution is 7.89. The standard InChI is InChI=1S/C12H17ClN2O3S/c1-18-8-9-4-5-15(7-9)19(16,17)12-6-10(14)2-3-11(12)13/h2-3,6,9H,4-5,7-8,14H2,1H3. The first-order valence-corrected chi connectivity index (χ1v) is 7.81. The number of ether oxygens (including phenoxy) is 1. The topological polar surface area (TPSA) is 72.6 Å². The zero-order valence-corrected chi connectivity index (χ0v) is 12.2. The number of hydrogen-bond acceptors (Lipinski definition) is 4. The Morgan fingerprint density at radius 1 is 1.53 bits per heavy atom. The lowest BCUT2D eigenvalue weighted by Crippen LogP contribution is -2.29. The summed E-state index contributed by atoms with van der Waals surface area (Å²) < 4.78 is 31.5. The third kappa shape index (κ3) is 3.02. The van der Waals surface area contributed by atoms with Gasteiger partial charge < -0.3 is 10.5 Å². The van der Waals surface area contributed by atoms with Crippen LogP contribution >= 0.6 is 11.6 Å². The van der Waals surface area contributed by atoms with Crippen LogP contribution in [0.1, 0.15) is 6.42 Å². The van der Waals surface area contributed by atoms with Crippen LogP contribution in [0.4, 0.5) is 5.69 Å². The van der Waals surface area contributed by atoms with Crippen LogP contribution in [0.3, 0.4) is 0 Å². The van der Waals surface area contributed by atoms with Crippen LogP contribution in [0, 0.1) is 5.92 Å². The third-order valence-electron chi connectivity index (χ3n) is 3.22. The molecular weight excluding hydrogens is 288 g/mol. The van der Waals surface area contributed by atoms with Gasteiger partial charge in [0.25, 0.3) is 0 Å². The van der Waals surface area contributed by atoms with Gasteiger partial charge in [0.05, 0.1) is 11.6 Å². The molecule has 1 saturated heterocycles. The zero-order chi connectivity index (χ0) is 14.0. The summed E-state index contributed by atoms with van der Waals surface area (Å²) in [5, 5.41) is 0.199. The van der Waals surface area contributed by atoms with E-state index in [0.29, 0.717) is 25.4 Å². The Morgan fingerprint density at radius 3 is 2.95 bits per heavy atom. The van der Waals surface area contributed by atoms with Gasteiger partial charge in [0, 0.05) is 25.9 Å². The second-order valence-corrected chi connectivity index (χ2v) is 6.98. The van der Waals surface area contributed by atoms with Gasteiger partial charge in [-0.25, -0.2) is 8.42 Å². The second-order valence-electron chi connectivity index (χ2n) is 4.66. The van der Waals surface area contributed by atoms with E-state index >= 15 is 0 Å². The maximum Gasteiger partial charge on any atom is 0.244 e. The van der Waals surface area contributed by atoms with Crippen LogP contribution < -0.4 is 5.73 Å². The van der Waals surface area contributed by atoms with E-state index in [9.17, 15) is 8.42 Å². The van der Waals surface area contributed by atoms with E-state index in [0.717, 1.165) is 6.42 Å². The molecule has 1 unspecified atom stereocenters. The lowest BCUT2D eigenvalue weighted by Gasteiger charge is -2.17. The fraction of sp³-hybridized carbons (Fsp3) is 0.500. The van der Waals surface area contributed by atoms with Gasteiger partial charge in [-0.2, -0.15) is 4.31 Å². The first-order chi connectivity index (χ1) is 8.95. The normalized spacial score (nSPS) is 20.8. The molecule has 2 N–H and O–H groups in total. The van der Waals surface area contributed by atoms with E-state index in [2.05, 4.69) is 0 Å². The molecule has 1 aliphatic rings. The molecule has 1 aliphatic heterocycles. The number of nitrogens with zero attached hydrogens (tertiary/aromatic N) is 1. The highest BCUT2D eigenvalue weighted by Gasteiger charge is 2.33. The predicted octanol–water partition coefficient (Wildman–Crippen LogP) is 1.58. The molecule has 0 bridgehead atoms. The van der Waals surface area contributed by atoms with Crippen LogP contribution in [0.25, 0.3) is 0 Å².